The van der Waals surface area contributed by atoms with E-state index < -0.39 is 5.97 Å². The molecule has 0 bridgehead atoms. The van der Waals surface area contributed by atoms with Crippen molar-refractivity contribution in [2.45, 2.75) is 38.4 Å². The fourth-order valence-corrected chi connectivity index (χ4v) is 7.80. The van der Waals surface area contributed by atoms with Crippen LogP contribution in [-0.4, -0.2) is 62.0 Å². The molecule has 10 nitrogen and oxygen atoms in total. The van der Waals surface area contributed by atoms with Crippen LogP contribution in [0.4, 0.5) is 11.5 Å². The molecule has 4 N–H and O–H groups in total. The molecule has 2 aromatic carbocycles. The molecule has 5 heterocycles. The van der Waals surface area contributed by atoms with Crippen LogP contribution < -0.4 is 16.0 Å². The van der Waals surface area contributed by atoms with Crippen LogP contribution >= 0.6 is 34.5 Å². The van der Waals surface area contributed by atoms with Gasteiger partial charge in [0.1, 0.15) is 10.5 Å². The quantitative estimate of drug-likeness (QED) is 0.131. The number of carboxylic acids is 1. The molecule has 0 atom stereocenters. The lowest BCUT2D eigenvalue weighted by atomic mass is 9.88. The molecule has 7 rings (SSSR count). The molecule has 2 saturated heterocycles. The van der Waals surface area contributed by atoms with E-state index in [-0.39, 0.29) is 18.0 Å². The third-order valence-corrected chi connectivity index (χ3v) is 10.4. The van der Waals surface area contributed by atoms with E-state index in [0.29, 0.717) is 46.6 Å². The number of halogens is 2. The average Bonchev–Trinajstić information content (AvgIpc) is 3.63. The highest BCUT2D eigenvalue weighted by Gasteiger charge is 2.47. The van der Waals surface area contributed by atoms with Crippen LogP contribution in [0.25, 0.3) is 32.6 Å². The summed E-state index contributed by atoms with van der Waals surface area (Å²) in [7, 11) is 0. The van der Waals surface area contributed by atoms with Gasteiger partial charge < -0.3 is 21.1 Å². The number of amides is 1. The summed E-state index contributed by atoms with van der Waals surface area (Å²) in [4.78, 5) is 39.2. The number of pyridine rings is 2. The van der Waals surface area contributed by atoms with Gasteiger partial charge >= 0.3 is 5.97 Å². The first-order chi connectivity index (χ1) is 22.7. The monoisotopic (exact) mass is 687 g/mol. The Morgan fingerprint density at radius 1 is 1.04 bits per heavy atom. The Balaban J connectivity index is 1.13. The molecule has 2 fully saturated rings. The van der Waals surface area contributed by atoms with Gasteiger partial charge in [0.15, 0.2) is 5.82 Å². The third-order valence-electron chi connectivity index (χ3n) is 8.58. The molecule has 0 aliphatic carbocycles. The average molecular weight is 689 g/mol. The van der Waals surface area contributed by atoms with Gasteiger partial charge in [-0.2, -0.15) is 0 Å². The topological polar surface area (TPSA) is 132 Å². The van der Waals surface area contributed by atoms with Crippen LogP contribution in [0.3, 0.4) is 0 Å². The smallest absolute Gasteiger partial charge is 0.317 e. The second-order valence-electron chi connectivity index (χ2n) is 12.0. The number of aromatic nitrogens is 3. The maximum absolute atomic E-state index is 11.8. The minimum atomic E-state index is -0.924. The third kappa shape index (κ3) is 6.41. The molecular formula is C34H31Cl2N7O3S. The van der Waals surface area contributed by atoms with Crippen LogP contribution in [-0.2, 0) is 22.7 Å². The van der Waals surface area contributed by atoms with Gasteiger partial charge in [-0.05, 0) is 37.1 Å². The van der Waals surface area contributed by atoms with Crippen molar-refractivity contribution in [2.24, 2.45) is 0 Å². The first kappa shape index (κ1) is 31.5. The van der Waals surface area contributed by atoms with Crippen molar-refractivity contribution < 1.29 is 14.7 Å². The van der Waals surface area contributed by atoms with Crippen LogP contribution in [0.1, 0.15) is 29.1 Å². The molecule has 1 spiro atoms. The summed E-state index contributed by atoms with van der Waals surface area (Å²) in [5.41, 5.74) is 6.44. The summed E-state index contributed by atoms with van der Waals surface area (Å²) < 4.78 is 0.918. The van der Waals surface area contributed by atoms with E-state index in [1.54, 1.807) is 6.20 Å². The number of aliphatic carboxylic acids is 1. The summed E-state index contributed by atoms with van der Waals surface area (Å²) >= 11 is 15.6. The zero-order valence-electron chi connectivity index (χ0n) is 25.4. The zero-order chi connectivity index (χ0) is 32.7. The SMILES string of the molecule is Cc1ccc(-c2cccc(-c3cccc(Nc4nccc5sc(CNCC(=O)O)nc45)c3Cl)c2Cl)nc1CN1CC2(CCC(=O)N2)C1. The summed E-state index contributed by atoms with van der Waals surface area (Å²) in [6, 6.07) is 17.5. The van der Waals surface area contributed by atoms with E-state index in [1.807, 2.05) is 48.5 Å². The fraction of sp³-hybridized carbons (Fsp3) is 0.265. The van der Waals surface area contributed by atoms with Gasteiger partial charge in [-0.15, -0.1) is 11.3 Å². The molecule has 1 amide bonds. The number of aryl methyl sites for hydroxylation is 1. The maximum Gasteiger partial charge on any atom is 0.317 e. The van der Waals surface area contributed by atoms with Crippen molar-refractivity contribution in [3.05, 3.63) is 87.1 Å². The Labute approximate surface area is 285 Å². The largest absolute Gasteiger partial charge is 0.480 e. The molecule has 5 aromatic rings. The lowest BCUT2D eigenvalue weighted by Crippen LogP contribution is -2.66. The lowest BCUT2D eigenvalue weighted by molar-refractivity contribution is -0.136. The molecule has 3 aromatic heterocycles. The van der Waals surface area contributed by atoms with Gasteiger partial charge in [-0.1, -0.05) is 59.6 Å². The molecule has 240 valence electrons. The highest BCUT2D eigenvalue weighted by atomic mass is 35.5. The van der Waals surface area contributed by atoms with E-state index in [4.69, 9.17) is 33.3 Å². The number of thiazole rings is 1. The van der Waals surface area contributed by atoms with E-state index in [2.05, 4.69) is 43.8 Å². The first-order valence-corrected chi connectivity index (χ1v) is 16.8. The highest BCUT2D eigenvalue weighted by molar-refractivity contribution is 7.18. The van der Waals surface area contributed by atoms with Gasteiger partial charge in [0.25, 0.3) is 0 Å². The van der Waals surface area contributed by atoms with Gasteiger partial charge in [0, 0.05) is 55.5 Å². The molecular weight excluding hydrogens is 657 g/mol. The summed E-state index contributed by atoms with van der Waals surface area (Å²) in [5.74, 6) is -0.238. The number of carboxylic acid groups (broad SMARTS) is 1. The standard InChI is InChI=1S/C34H31Cl2N7O3S/c1-19-8-9-23(39-25(19)16-43-17-34(18-43)12-10-27(44)42-34)22-6-2-4-20(30(22)35)21-5-3-7-24(31(21)36)40-33-32-26(11-13-38-33)47-28(41-32)14-37-15-29(45)46/h2-9,11,13,37H,10,12,14-18H2,1H3,(H,38,40)(H,42,44)(H,45,46). The zero-order valence-corrected chi connectivity index (χ0v) is 27.8. The molecule has 13 heteroatoms. The van der Waals surface area contributed by atoms with Crippen molar-refractivity contribution in [3.8, 4) is 22.4 Å². The van der Waals surface area contributed by atoms with Crippen molar-refractivity contribution in [1.82, 2.24) is 30.5 Å². The maximum atomic E-state index is 11.8. The van der Waals surface area contributed by atoms with Gasteiger partial charge in [0.2, 0.25) is 5.91 Å². The number of fused-ring (bicyclic) bond motifs is 1. The molecule has 2 aliphatic rings. The van der Waals surface area contributed by atoms with E-state index >= 15 is 0 Å². The predicted octanol–water partition coefficient (Wildman–Crippen LogP) is 6.42. The normalized spacial score (nSPS) is 15.6. The minimum absolute atomic E-state index is 0.0740. The summed E-state index contributed by atoms with van der Waals surface area (Å²) in [6.45, 7) is 4.63. The fourth-order valence-electron chi connectivity index (χ4n) is 6.27. The van der Waals surface area contributed by atoms with Crippen LogP contribution in [0.5, 0.6) is 0 Å². The van der Waals surface area contributed by atoms with Gasteiger partial charge in [0.05, 0.1) is 43.9 Å². The minimum Gasteiger partial charge on any atom is -0.480 e. The number of hydrogen-bond acceptors (Lipinski definition) is 9. The number of carbonyl (C=O) groups excluding carboxylic acids is 1. The van der Waals surface area contributed by atoms with E-state index in [9.17, 15) is 9.59 Å². The highest BCUT2D eigenvalue weighted by Crippen LogP contribution is 2.42. The number of likely N-dealkylation sites (tertiary alicyclic amines) is 1. The molecule has 47 heavy (non-hydrogen) atoms. The Morgan fingerprint density at radius 2 is 1.81 bits per heavy atom. The molecule has 0 saturated carbocycles. The van der Waals surface area contributed by atoms with Crippen LogP contribution in [0.15, 0.2) is 60.8 Å². The number of benzene rings is 2. The number of rotatable bonds is 10. The second kappa shape index (κ2) is 12.8. The molecule has 0 unspecified atom stereocenters. The van der Waals surface area contributed by atoms with Crippen LogP contribution in [0.2, 0.25) is 10.0 Å². The van der Waals surface area contributed by atoms with Crippen LogP contribution in [0, 0.1) is 6.92 Å². The number of carbonyl (C=O) groups is 2. The van der Waals surface area contributed by atoms with E-state index in [0.717, 1.165) is 62.9 Å². The molecule has 2 aliphatic heterocycles. The van der Waals surface area contributed by atoms with Crippen molar-refractivity contribution >= 4 is 68.1 Å². The number of hydrogen-bond donors (Lipinski definition) is 4. The Hall–Kier alpha value is -4.13. The number of nitrogens with one attached hydrogen (secondary N) is 3. The first-order valence-electron chi connectivity index (χ1n) is 15.2. The number of anilines is 2. The summed E-state index contributed by atoms with van der Waals surface area (Å²) in [5, 5.41) is 20.1. The number of nitrogens with zero attached hydrogens (tertiary/aromatic N) is 4. The Morgan fingerprint density at radius 3 is 2.57 bits per heavy atom. The van der Waals surface area contributed by atoms with Gasteiger partial charge in [-0.3, -0.25) is 19.5 Å². The lowest BCUT2D eigenvalue weighted by Gasteiger charge is -2.47. The van der Waals surface area contributed by atoms with Crippen molar-refractivity contribution in [3.63, 3.8) is 0 Å². The van der Waals surface area contributed by atoms with Crippen molar-refractivity contribution in [1.29, 1.82) is 0 Å². The Kier molecular flexibility index (Phi) is 8.58. The Bertz CT molecular complexity index is 2030. The summed E-state index contributed by atoms with van der Waals surface area (Å²) in [6.07, 6.45) is 3.20. The van der Waals surface area contributed by atoms with Gasteiger partial charge in [-0.25, -0.2) is 9.97 Å². The predicted molar refractivity (Wildman–Crippen MR) is 185 cm³/mol. The van der Waals surface area contributed by atoms with E-state index in [1.165, 1.54) is 11.3 Å². The second-order valence-corrected chi connectivity index (χ2v) is 13.9. The van der Waals surface area contributed by atoms with Crippen molar-refractivity contribution in [2.75, 3.05) is 25.0 Å². The molecule has 0 radical (unpaired) electrons.